The Hall–Kier alpha value is -1.82. The summed E-state index contributed by atoms with van der Waals surface area (Å²) in [6.45, 7) is 4.68. The molecule has 21 heavy (non-hydrogen) atoms. The van der Waals surface area contributed by atoms with Crippen molar-refractivity contribution in [3.63, 3.8) is 0 Å². The fraction of sp³-hybridized carbons (Fsp3) is 0.429. The molecule has 0 aliphatic carbocycles. The Morgan fingerprint density at radius 3 is 2.52 bits per heavy atom. The molecule has 1 amide bonds. The molecule has 5 nitrogen and oxygen atoms in total. The van der Waals surface area contributed by atoms with E-state index in [1.54, 1.807) is 20.8 Å². The molecule has 116 valence electrons. The van der Waals surface area contributed by atoms with Crippen LogP contribution < -0.4 is 10.1 Å². The summed E-state index contributed by atoms with van der Waals surface area (Å²) in [5, 5.41) is 11.5. The minimum absolute atomic E-state index is 0.0356. The average Bonchev–Trinajstić information content (AvgIpc) is 2.33. The lowest BCUT2D eigenvalue weighted by Crippen LogP contribution is -2.50. The predicted octanol–water partition coefficient (Wildman–Crippen LogP) is 2.47. The molecule has 1 aromatic rings. The van der Waals surface area contributed by atoms with Crippen molar-refractivity contribution in [2.75, 3.05) is 6.61 Å². The van der Waals surface area contributed by atoms with Crippen LogP contribution in [0.15, 0.2) is 18.2 Å². The number of nitrogens with one attached hydrogen (secondary N) is 1. The van der Waals surface area contributed by atoms with Crippen molar-refractivity contribution in [1.82, 2.24) is 5.32 Å². The number of hydrogen-bond acceptors (Lipinski definition) is 3. The second kappa shape index (κ2) is 6.76. The van der Waals surface area contributed by atoms with Gasteiger partial charge >= 0.3 is 5.97 Å². The van der Waals surface area contributed by atoms with E-state index >= 15 is 0 Å². The van der Waals surface area contributed by atoms with E-state index < -0.39 is 35.8 Å². The molecule has 0 spiro atoms. The Kier molecular flexibility index (Phi) is 5.54. The smallest absolute Gasteiger partial charge is 0.326 e. The number of hydrogen-bond donors (Lipinski definition) is 2. The lowest BCUT2D eigenvalue weighted by atomic mass is 9.87. The molecule has 1 atom stereocenters. The van der Waals surface area contributed by atoms with Gasteiger partial charge in [-0.2, -0.15) is 0 Å². The molecule has 0 saturated heterocycles. The van der Waals surface area contributed by atoms with Crippen LogP contribution in [0.4, 0.5) is 4.39 Å². The van der Waals surface area contributed by atoms with E-state index in [2.05, 4.69) is 5.32 Å². The second-order valence-corrected chi connectivity index (χ2v) is 5.98. The van der Waals surface area contributed by atoms with Gasteiger partial charge < -0.3 is 15.2 Å². The van der Waals surface area contributed by atoms with Crippen LogP contribution >= 0.6 is 11.6 Å². The normalized spacial score (nSPS) is 12.6. The molecule has 1 aromatic carbocycles. The maximum absolute atomic E-state index is 12.9. The van der Waals surface area contributed by atoms with Crippen molar-refractivity contribution in [1.29, 1.82) is 0 Å². The number of carboxylic acid groups (broad SMARTS) is 1. The molecule has 0 aromatic heterocycles. The van der Waals surface area contributed by atoms with Crippen molar-refractivity contribution in [3.05, 3.63) is 29.0 Å². The summed E-state index contributed by atoms with van der Waals surface area (Å²) in [6.07, 6.45) is 0. The zero-order valence-electron chi connectivity index (χ0n) is 11.9. The van der Waals surface area contributed by atoms with Gasteiger partial charge in [0.25, 0.3) is 5.91 Å². The highest BCUT2D eigenvalue weighted by atomic mass is 35.5. The SMILES string of the molecule is CC(C)(C)[C@@H](NC(=O)COc1ccc(F)cc1Cl)C(=O)O. The molecule has 0 heterocycles. The van der Waals surface area contributed by atoms with Gasteiger partial charge in [0.1, 0.15) is 17.6 Å². The number of amides is 1. The van der Waals surface area contributed by atoms with Crippen molar-refractivity contribution in [3.8, 4) is 5.75 Å². The summed E-state index contributed by atoms with van der Waals surface area (Å²) in [4.78, 5) is 22.9. The highest BCUT2D eigenvalue weighted by Gasteiger charge is 2.32. The molecule has 0 saturated carbocycles. The maximum atomic E-state index is 12.9. The van der Waals surface area contributed by atoms with Crippen LogP contribution in [0.1, 0.15) is 20.8 Å². The molecule has 0 bridgehead atoms. The summed E-state index contributed by atoms with van der Waals surface area (Å²) >= 11 is 5.75. The first-order valence-corrected chi connectivity index (χ1v) is 6.59. The fourth-order valence-electron chi connectivity index (χ4n) is 1.59. The molecule has 0 aliphatic heterocycles. The average molecular weight is 318 g/mol. The zero-order chi connectivity index (χ0) is 16.2. The Morgan fingerprint density at radius 1 is 1.43 bits per heavy atom. The van der Waals surface area contributed by atoms with Gasteiger partial charge in [-0.1, -0.05) is 32.4 Å². The third-order valence-corrected chi connectivity index (χ3v) is 2.97. The monoisotopic (exact) mass is 317 g/mol. The molecule has 0 aliphatic rings. The van der Waals surface area contributed by atoms with Crippen LogP contribution in [0.5, 0.6) is 5.75 Å². The van der Waals surface area contributed by atoms with E-state index in [0.29, 0.717) is 0 Å². The Morgan fingerprint density at radius 2 is 2.05 bits per heavy atom. The topological polar surface area (TPSA) is 75.6 Å². The Labute approximate surface area is 127 Å². The van der Waals surface area contributed by atoms with Gasteiger partial charge in [0.05, 0.1) is 5.02 Å². The summed E-state index contributed by atoms with van der Waals surface area (Å²) in [5.74, 6) is -2.10. The van der Waals surface area contributed by atoms with Crippen molar-refractivity contribution in [2.45, 2.75) is 26.8 Å². The molecule has 2 N–H and O–H groups in total. The summed E-state index contributed by atoms with van der Waals surface area (Å²) < 4.78 is 18.0. The van der Waals surface area contributed by atoms with E-state index in [1.165, 1.54) is 6.07 Å². The number of benzene rings is 1. The number of rotatable bonds is 5. The Bertz CT molecular complexity index is 542. The van der Waals surface area contributed by atoms with Gasteiger partial charge in [0, 0.05) is 0 Å². The van der Waals surface area contributed by atoms with Gasteiger partial charge in [-0.05, 0) is 23.6 Å². The van der Waals surface area contributed by atoms with Crippen LogP contribution in [-0.2, 0) is 9.59 Å². The third-order valence-electron chi connectivity index (χ3n) is 2.67. The standard InChI is InChI=1S/C14H17ClFNO4/c1-14(2,3)12(13(19)20)17-11(18)7-21-10-5-4-8(16)6-9(10)15/h4-6,12H,7H2,1-3H3,(H,17,18)(H,19,20)/t12-/m0/s1. The second-order valence-electron chi connectivity index (χ2n) is 5.57. The van der Waals surface area contributed by atoms with Crippen molar-refractivity contribution < 1.29 is 23.8 Å². The first-order chi connectivity index (χ1) is 9.61. The van der Waals surface area contributed by atoms with Gasteiger partial charge in [0.15, 0.2) is 6.61 Å². The third kappa shape index (κ3) is 5.23. The van der Waals surface area contributed by atoms with Gasteiger partial charge in [0.2, 0.25) is 0 Å². The van der Waals surface area contributed by atoms with E-state index in [0.717, 1.165) is 12.1 Å². The first kappa shape index (κ1) is 17.2. The number of aliphatic carboxylic acids is 1. The zero-order valence-corrected chi connectivity index (χ0v) is 12.7. The summed E-state index contributed by atoms with van der Waals surface area (Å²) in [6, 6.07) is 2.46. The molecule has 7 heteroatoms. The van der Waals surface area contributed by atoms with Gasteiger partial charge in [-0.15, -0.1) is 0 Å². The van der Waals surface area contributed by atoms with E-state index in [4.69, 9.17) is 21.4 Å². The molecule has 0 radical (unpaired) electrons. The molecule has 0 fully saturated rings. The maximum Gasteiger partial charge on any atom is 0.326 e. The lowest BCUT2D eigenvalue weighted by molar-refractivity contribution is -0.145. The number of halogens is 2. The molecular weight excluding hydrogens is 301 g/mol. The van der Waals surface area contributed by atoms with E-state index in [9.17, 15) is 14.0 Å². The molecule has 0 unspecified atom stereocenters. The van der Waals surface area contributed by atoms with Crippen LogP contribution in [-0.4, -0.2) is 29.6 Å². The largest absolute Gasteiger partial charge is 0.482 e. The quantitative estimate of drug-likeness (QED) is 0.874. The number of carbonyl (C=O) groups is 2. The molecule has 1 rings (SSSR count). The number of carbonyl (C=O) groups excluding carboxylic acids is 1. The minimum Gasteiger partial charge on any atom is -0.482 e. The fourth-order valence-corrected chi connectivity index (χ4v) is 1.81. The van der Waals surface area contributed by atoms with Crippen LogP contribution in [0.2, 0.25) is 5.02 Å². The lowest BCUT2D eigenvalue weighted by Gasteiger charge is -2.27. The predicted molar refractivity (Wildman–Crippen MR) is 75.9 cm³/mol. The minimum atomic E-state index is -1.13. The first-order valence-electron chi connectivity index (χ1n) is 6.21. The van der Waals surface area contributed by atoms with E-state index in [-0.39, 0.29) is 10.8 Å². The number of ether oxygens (including phenoxy) is 1. The van der Waals surface area contributed by atoms with Gasteiger partial charge in [-0.3, -0.25) is 4.79 Å². The summed E-state index contributed by atoms with van der Waals surface area (Å²) in [5.41, 5.74) is -0.644. The Balaban J connectivity index is 2.63. The van der Waals surface area contributed by atoms with Crippen LogP contribution in [0.3, 0.4) is 0 Å². The van der Waals surface area contributed by atoms with Crippen molar-refractivity contribution >= 4 is 23.5 Å². The highest BCUT2D eigenvalue weighted by Crippen LogP contribution is 2.25. The number of carboxylic acids is 1. The van der Waals surface area contributed by atoms with Gasteiger partial charge in [-0.25, -0.2) is 9.18 Å². The highest BCUT2D eigenvalue weighted by molar-refractivity contribution is 6.32. The van der Waals surface area contributed by atoms with Crippen LogP contribution in [0, 0.1) is 11.2 Å². The van der Waals surface area contributed by atoms with E-state index in [1.807, 2.05) is 0 Å². The van der Waals surface area contributed by atoms with Crippen molar-refractivity contribution in [2.24, 2.45) is 5.41 Å². The summed E-state index contributed by atoms with van der Waals surface area (Å²) in [7, 11) is 0. The molecular formula is C14H17ClFNO4. The van der Waals surface area contributed by atoms with Crippen LogP contribution in [0.25, 0.3) is 0 Å².